The highest BCUT2D eigenvalue weighted by Crippen LogP contribution is 2.19. The minimum absolute atomic E-state index is 0.0308. The van der Waals surface area contributed by atoms with Crippen LogP contribution < -0.4 is 4.72 Å². The molecule has 6 nitrogen and oxygen atoms in total. The maximum Gasteiger partial charge on any atom is 0.261 e. The third kappa shape index (κ3) is 3.94. The second-order valence-electron chi connectivity index (χ2n) is 6.26. The number of nitrogens with zero attached hydrogens (tertiary/aromatic N) is 1. The van der Waals surface area contributed by atoms with E-state index in [4.69, 9.17) is 0 Å². The van der Waals surface area contributed by atoms with E-state index in [0.717, 1.165) is 25.9 Å². The van der Waals surface area contributed by atoms with Gasteiger partial charge in [0.2, 0.25) is 0 Å². The molecular weight excluding hydrogens is 352 g/mol. The summed E-state index contributed by atoms with van der Waals surface area (Å²) >= 11 is 0. The number of benzene rings is 2. The largest absolute Gasteiger partial charge is 0.339 e. The van der Waals surface area contributed by atoms with Gasteiger partial charge >= 0.3 is 0 Å². The van der Waals surface area contributed by atoms with Crippen LogP contribution in [0.25, 0.3) is 0 Å². The van der Waals surface area contributed by atoms with Crippen LogP contribution in [0.2, 0.25) is 0 Å². The van der Waals surface area contributed by atoms with Crippen molar-refractivity contribution in [3.63, 3.8) is 0 Å². The Bertz CT molecular complexity index is 913. The molecule has 1 aliphatic rings. The molecule has 1 fully saturated rings. The number of amides is 1. The fourth-order valence-electron chi connectivity index (χ4n) is 2.87. The highest BCUT2D eigenvalue weighted by Gasteiger charge is 2.20. The number of ketones is 1. The summed E-state index contributed by atoms with van der Waals surface area (Å²) in [6.45, 7) is 2.96. The van der Waals surface area contributed by atoms with Crippen molar-refractivity contribution in [2.24, 2.45) is 0 Å². The predicted molar refractivity (Wildman–Crippen MR) is 98.8 cm³/mol. The van der Waals surface area contributed by atoms with Crippen molar-refractivity contribution in [1.29, 1.82) is 0 Å². The van der Waals surface area contributed by atoms with Gasteiger partial charge in [-0.15, -0.1) is 0 Å². The second-order valence-corrected chi connectivity index (χ2v) is 7.95. The summed E-state index contributed by atoms with van der Waals surface area (Å²) in [7, 11) is -3.76. The number of carbonyl (C=O) groups excluding carboxylic acids is 2. The topological polar surface area (TPSA) is 83.5 Å². The van der Waals surface area contributed by atoms with Crippen molar-refractivity contribution in [2.75, 3.05) is 17.8 Å². The van der Waals surface area contributed by atoms with Crippen LogP contribution in [0.3, 0.4) is 0 Å². The molecule has 2 aromatic carbocycles. The highest BCUT2D eigenvalue weighted by molar-refractivity contribution is 7.92. The van der Waals surface area contributed by atoms with Crippen LogP contribution in [0, 0.1) is 0 Å². The van der Waals surface area contributed by atoms with E-state index in [2.05, 4.69) is 4.72 Å². The van der Waals surface area contributed by atoms with Gasteiger partial charge < -0.3 is 4.90 Å². The number of hydrogen-bond donors (Lipinski definition) is 1. The average molecular weight is 372 g/mol. The molecule has 0 spiro atoms. The third-order valence-corrected chi connectivity index (χ3v) is 5.75. The van der Waals surface area contributed by atoms with Gasteiger partial charge in [0, 0.05) is 29.9 Å². The lowest BCUT2D eigenvalue weighted by molar-refractivity contribution is 0.0792. The Balaban J connectivity index is 1.73. The smallest absolute Gasteiger partial charge is 0.261 e. The monoisotopic (exact) mass is 372 g/mol. The minimum Gasteiger partial charge on any atom is -0.339 e. The summed E-state index contributed by atoms with van der Waals surface area (Å²) in [6.07, 6.45) is 2.04. The first-order valence-corrected chi connectivity index (χ1v) is 9.88. The predicted octanol–water partition coefficient (Wildman–Crippen LogP) is 2.93. The first kappa shape index (κ1) is 18.1. The van der Waals surface area contributed by atoms with Gasteiger partial charge in [-0.1, -0.05) is 12.1 Å². The van der Waals surface area contributed by atoms with Crippen molar-refractivity contribution in [1.82, 2.24) is 4.90 Å². The summed E-state index contributed by atoms with van der Waals surface area (Å²) in [5.74, 6) is -0.156. The van der Waals surface area contributed by atoms with Crippen molar-refractivity contribution >= 4 is 27.4 Å². The van der Waals surface area contributed by atoms with Gasteiger partial charge in [-0.3, -0.25) is 14.3 Å². The van der Waals surface area contributed by atoms with E-state index in [9.17, 15) is 18.0 Å². The number of anilines is 1. The Kier molecular flexibility index (Phi) is 5.08. The van der Waals surface area contributed by atoms with Gasteiger partial charge in [-0.2, -0.15) is 0 Å². The number of carbonyl (C=O) groups is 2. The number of rotatable bonds is 5. The first-order valence-electron chi connectivity index (χ1n) is 8.40. The molecule has 1 heterocycles. The molecule has 0 bridgehead atoms. The maximum atomic E-state index is 12.4. The minimum atomic E-state index is -3.76. The van der Waals surface area contributed by atoms with Crippen LogP contribution in [0.4, 0.5) is 5.69 Å². The van der Waals surface area contributed by atoms with Crippen LogP contribution in [-0.2, 0) is 10.0 Å². The molecule has 3 rings (SSSR count). The van der Waals surface area contributed by atoms with E-state index in [0.29, 0.717) is 16.8 Å². The van der Waals surface area contributed by atoms with E-state index in [1.54, 1.807) is 29.2 Å². The number of nitrogens with one attached hydrogen (secondary N) is 1. The third-order valence-electron chi connectivity index (χ3n) is 4.35. The van der Waals surface area contributed by atoms with Crippen LogP contribution in [-0.4, -0.2) is 38.1 Å². The zero-order chi connectivity index (χ0) is 18.7. The lowest BCUT2D eigenvalue weighted by Crippen LogP contribution is -2.27. The highest BCUT2D eigenvalue weighted by atomic mass is 32.2. The Morgan fingerprint density at radius 2 is 1.42 bits per heavy atom. The molecule has 2 aromatic rings. The summed E-state index contributed by atoms with van der Waals surface area (Å²) in [6, 6.07) is 12.1. The van der Waals surface area contributed by atoms with E-state index in [1.807, 2.05) is 0 Å². The van der Waals surface area contributed by atoms with Crippen LogP contribution in [0.1, 0.15) is 40.5 Å². The van der Waals surface area contributed by atoms with Crippen LogP contribution >= 0.6 is 0 Å². The lowest BCUT2D eigenvalue weighted by atomic mass is 10.2. The summed E-state index contributed by atoms with van der Waals surface area (Å²) in [5.41, 5.74) is 1.37. The molecule has 0 radical (unpaired) electrons. The maximum absolute atomic E-state index is 12.4. The standard InChI is InChI=1S/C19H20N2O4S/c1-14(22)15-6-10-18(11-7-15)26(24,25)20-17-8-4-16(5-9-17)19(23)21-12-2-3-13-21/h4-11,20H,2-3,12-13H2,1H3. The van der Waals surface area contributed by atoms with Gasteiger partial charge in [-0.25, -0.2) is 8.42 Å². The molecule has 26 heavy (non-hydrogen) atoms. The summed E-state index contributed by atoms with van der Waals surface area (Å²) < 4.78 is 27.4. The molecule has 0 atom stereocenters. The number of Topliss-reactive ketones (excluding diaryl/α,β-unsaturated/α-hetero) is 1. The van der Waals surface area contributed by atoms with Gasteiger partial charge in [0.15, 0.2) is 5.78 Å². The van der Waals surface area contributed by atoms with E-state index in [1.165, 1.54) is 31.2 Å². The lowest BCUT2D eigenvalue weighted by Gasteiger charge is -2.15. The van der Waals surface area contributed by atoms with Crippen LogP contribution in [0.15, 0.2) is 53.4 Å². The van der Waals surface area contributed by atoms with E-state index < -0.39 is 10.0 Å². The van der Waals surface area contributed by atoms with Crippen molar-refractivity contribution in [3.05, 3.63) is 59.7 Å². The molecule has 0 aromatic heterocycles. The molecular formula is C19H20N2O4S. The number of sulfonamides is 1. The molecule has 7 heteroatoms. The van der Waals surface area contributed by atoms with E-state index in [-0.39, 0.29) is 16.6 Å². The van der Waals surface area contributed by atoms with Crippen molar-refractivity contribution in [2.45, 2.75) is 24.7 Å². The summed E-state index contributed by atoms with van der Waals surface area (Å²) in [4.78, 5) is 25.5. The molecule has 1 N–H and O–H groups in total. The molecule has 1 aliphatic heterocycles. The number of hydrogen-bond acceptors (Lipinski definition) is 4. The fraction of sp³-hybridized carbons (Fsp3) is 0.263. The zero-order valence-electron chi connectivity index (χ0n) is 14.4. The first-order chi connectivity index (χ1) is 12.4. The molecule has 0 aliphatic carbocycles. The molecule has 1 saturated heterocycles. The Hall–Kier alpha value is -2.67. The van der Waals surface area contributed by atoms with Crippen LogP contribution in [0.5, 0.6) is 0 Å². The van der Waals surface area contributed by atoms with E-state index >= 15 is 0 Å². The Morgan fingerprint density at radius 1 is 0.885 bits per heavy atom. The number of likely N-dealkylation sites (tertiary alicyclic amines) is 1. The van der Waals surface area contributed by atoms with Gasteiger partial charge in [-0.05, 0) is 56.2 Å². The average Bonchev–Trinajstić information content (AvgIpc) is 3.16. The summed E-state index contributed by atoms with van der Waals surface area (Å²) in [5, 5.41) is 0. The van der Waals surface area contributed by atoms with Gasteiger partial charge in [0.05, 0.1) is 4.90 Å². The molecule has 0 saturated carbocycles. The zero-order valence-corrected chi connectivity index (χ0v) is 15.3. The van der Waals surface area contributed by atoms with Gasteiger partial charge in [0.25, 0.3) is 15.9 Å². The normalized spacial score (nSPS) is 14.3. The van der Waals surface area contributed by atoms with Gasteiger partial charge in [0.1, 0.15) is 0 Å². The van der Waals surface area contributed by atoms with Crippen molar-refractivity contribution in [3.8, 4) is 0 Å². The molecule has 136 valence electrons. The fourth-order valence-corrected chi connectivity index (χ4v) is 3.93. The van der Waals surface area contributed by atoms with Crippen molar-refractivity contribution < 1.29 is 18.0 Å². The Labute approximate surface area is 152 Å². The molecule has 0 unspecified atom stereocenters. The Morgan fingerprint density at radius 3 is 1.96 bits per heavy atom. The second kappa shape index (κ2) is 7.29. The SMILES string of the molecule is CC(=O)c1ccc(S(=O)(=O)Nc2ccc(C(=O)N3CCCC3)cc2)cc1. The molecule has 1 amide bonds. The quantitative estimate of drug-likeness (QED) is 0.818.